The van der Waals surface area contributed by atoms with Crippen LogP contribution in [0.15, 0.2) is 42.0 Å². The summed E-state index contributed by atoms with van der Waals surface area (Å²) in [5.41, 5.74) is 1.95. The molecule has 6 aliphatic rings. The van der Waals surface area contributed by atoms with Crippen LogP contribution in [0.2, 0.25) is 0 Å². The first-order chi connectivity index (χ1) is 22.7. The van der Waals surface area contributed by atoms with E-state index in [2.05, 4.69) is 33.8 Å². The smallest absolute Gasteiger partial charge is 0.285 e. The molecule has 3 aromatic carbocycles. The molecule has 0 unspecified atom stereocenters. The first-order valence-electron chi connectivity index (χ1n) is 17.6. The third-order valence-electron chi connectivity index (χ3n) is 12.7. The van der Waals surface area contributed by atoms with E-state index in [1.54, 1.807) is 0 Å². The van der Waals surface area contributed by atoms with Gasteiger partial charge >= 0.3 is 0 Å². The van der Waals surface area contributed by atoms with E-state index in [1.807, 2.05) is 44.2 Å². The quantitative estimate of drug-likeness (QED) is 0.297. The number of halogens is 1. The van der Waals surface area contributed by atoms with Gasteiger partial charge in [-0.3, -0.25) is 9.59 Å². The van der Waals surface area contributed by atoms with Crippen molar-refractivity contribution < 1.29 is 33.6 Å². The molecule has 1 saturated heterocycles. The molecule has 0 radical (unpaired) electrons. The first-order valence-corrected chi connectivity index (χ1v) is 17.6. The Morgan fingerprint density at radius 1 is 1.04 bits per heavy atom. The van der Waals surface area contributed by atoms with E-state index in [9.17, 15) is 14.7 Å². The number of hydrogen-bond acceptors (Lipinski definition) is 7. The highest BCUT2D eigenvalue weighted by atomic mass is 35.5. The molecule has 9 rings (SSSR count). The van der Waals surface area contributed by atoms with E-state index in [1.165, 1.54) is 13.3 Å². The normalized spacial score (nSPS) is 32.8. The van der Waals surface area contributed by atoms with Crippen LogP contribution in [0.5, 0.6) is 11.5 Å². The Morgan fingerprint density at radius 2 is 1.82 bits per heavy atom. The molecule has 2 bridgehead atoms. The number of fused-ring (bicyclic) bond motifs is 11. The summed E-state index contributed by atoms with van der Waals surface area (Å²) in [5, 5.41) is 14.1. The van der Waals surface area contributed by atoms with Gasteiger partial charge in [0.2, 0.25) is 11.4 Å². The van der Waals surface area contributed by atoms with Gasteiger partial charge in [-0.2, -0.15) is 0 Å². The maximum atomic E-state index is 14.9. The number of aryl methyl sites for hydroxylation is 1. The molecule has 8 heteroatoms. The van der Waals surface area contributed by atoms with Crippen LogP contribution in [-0.2, 0) is 31.1 Å². The van der Waals surface area contributed by atoms with Gasteiger partial charge in [0.15, 0.2) is 17.1 Å². The first kappa shape index (κ1) is 32.8. The zero-order valence-electron chi connectivity index (χ0n) is 29.3. The molecular weight excluding hydrogens is 640 g/mol. The molecule has 3 aromatic rings. The summed E-state index contributed by atoms with van der Waals surface area (Å²) in [7, 11) is 0. The summed E-state index contributed by atoms with van der Waals surface area (Å²) in [5.74, 6) is 1.38. The number of benzene rings is 3. The second-order valence-electron chi connectivity index (χ2n) is 16.5. The molecule has 49 heavy (non-hydrogen) atoms. The van der Waals surface area contributed by atoms with E-state index in [0.717, 1.165) is 58.7 Å². The molecule has 258 valence electrons. The minimum Gasteiger partial charge on any atom is -0.470 e. The van der Waals surface area contributed by atoms with Gasteiger partial charge in [-0.05, 0) is 85.3 Å². The highest BCUT2D eigenvalue weighted by Gasteiger charge is 2.65. The molecule has 6 atom stereocenters. The molecule has 7 nitrogen and oxygen atoms in total. The van der Waals surface area contributed by atoms with E-state index >= 15 is 0 Å². The topological polar surface area (TPSA) is 91.3 Å². The molecule has 1 spiro atoms. The molecule has 1 saturated carbocycles. The predicted octanol–water partition coefficient (Wildman–Crippen LogP) is 8.32. The Bertz CT molecular complexity index is 2030. The van der Waals surface area contributed by atoms with Crippen molar-refractivity contribution in [2.45, 2.75) is 122 Å². The summed E-state index contributed by atoms with van der Waals surface area (Å²) in [6.07, 6.45) is 3.68. The molecule has 4 heterocycles. The molecular formula is C41H45ClO7. The zero-order valence-corrected chi connectivity index (χ0v) is 30.1. The molecule has 0 amide bonds. The van der Waals surface area contributed by atoms with Gasteiger partial charge in [0, 0.05) is 35.1 Å². The number of hydrogen-bond donors (Lipinski definition) is 1. The molecule has 1 N–H and O–H groups in total. The molecule has 2 fully saturated rings. The Morgan fingerprint density at radius 3 is 2.55 bits per heavy atom. The van der Waals surface area contributed by atoms with Crippen LogP contribution in [-0.4, -0.2) is 34.2 Å². The standard InChI is InChI=1S/C41H44O7.ClH/c1-20(2)26-16-27-28(19-40-15-9-14-38(5,6)30(40)17-29(27)47-40)35-34(26)46-37-39(7,48-35)32-33(45-37)25-13-12-23-21(3)10-8-11-24(23)31(25)41(44,36(32)43)18-22(4)42;/h8,10-13,16,20,29-30,37,44H,9,14-15,17-19H2,1-7H3;1H/t29-,30+,37-,39-,40+,41-;/m1./s1. The maximum absolute atomic E-state index is 14.9. The second kappa shape index (κ2) is 10.3. The van der Waals surface area contributed by atoms with Gasteiger partial charge in [-0.15, -0.1) is 12.4 Å². The van der Waals surface area contributed by atoms with Crippen LogP contribution in [0.25, 0.3) is 16.5 Å². The Labute approximate surface area is 293 Å². The minimum atomic E-state index is -2.09. The van der Waals surface area contributed by atoms with E-state index < -0.39 is 23.3 Å². The Kier molecular flexibility index (Phi) is 6.92. The zero-order chi connectivity index (χ0) is 33.7. The third-order valence-corrected chi connectivity index (χ3v) is 12.7. The van der Waals surface area contributed by atoms with E-state index in [-0.39, 0.29) is 53.2 Å². The van der Waals surface area contributed by atoms with Gasteiger partial charge in [0.05, 0.1) is 17.3 Å². The number of rotatable bonds is 3. The predicted molar refractivity (Wildman–Crippen MR) is 188 cm³/mol. The number of aliphatic hydroxyl groups is 1. The van der Waals surface area contributed by atoms with Crippen molar-refractivity contribution in [3.05, 3.63) is 75.4 Å². The summed E-state index contributed by atoms with van der Waals surface area (Å²) in [4.78, 5) is 27.6. The van der Waals surface area contributed by atoms with Crippen molar-refractivity contribution >= 4 is 40.5 Å². The van der Waals surface area contributed by atoms with Crippen molar-refractivity contribution in [1.82, 2.24) is 0 Å². The average molecular weight is 685 g/mol. The number of ether oxygens (including phenoxy) is 4. The lowest BCUT2D eigenvalue weighted by atomic mass is 9.60. The molecule has 0 aromatic heterocycles. The fourth-order valence-electron chi connectivity index (χ4n) is 10.4. The Balaban J connectivity index is 0.00000348. The Hall–Kier alpha value is -3.39. The van der Waals surface area contributed by atoms with Crippen molar-refractivity contribution in [3.8, 4) is 11.5 Å². The monoisotopic (exact) mass is 684 g/mol. The summed E-state index contributed by atoms with van der Waals surface area (Å²) < 4.78 is 27.7. The number of carbonyl (C=O) groups excluding carboxylic acids is 2. The average Bonchev–Trinajstić information content (AvgIpc) is 3.50. The summed E-state index contributed by atoms with van der Waals surface area (Å²) in [6.45, 7) is 14.3. The van der Waals surface area contributed by atoms with Gasteiger partial charge in [-0.1, -0.05) is 64.4 Å². The van der Waals surface area contributed by atoms with Crippen molar-refractivity contribution in [1.29, 1.82) is 0 Å². The summed E-state index contributed by atoms with van der Waals surface area (Å²) in [6, 6.07) is 11.9. The van der Waals surface area contributed by atoms with Crippen LogP contribution in [0, 0.1) is 18.3 Å². The molecule has 2 aliphatic carbocycles. The maximum Gasteiger partial charge on any atom is 0.285 e. The van der Waals surface area contributed by atoms with Gasteiger partial charge in [0.25, 0.3) is 6.29 Å². The van der Waals surface area contributed by atoms with Crippen LogP contribution in [0.4, 0.5) is 0 Å². The van der Waals surface area contributed by atoms with E-state index in [4.69, 9.17) is 18.9 Å². The van der Waals surface area contributed by atoms with Crippen LogP contribution < -0.4 is 9.47 Å². The molecule has 4 aliphatic heterocycles. The number of Topliss-reactive ketones (excluding diaryl/α,β-unsaturated/α-hetero) is 2. The largest absolute Gasteiger partial charge is 0.470 e. The fraction of sp³-hybridized carbons (Fsp3) is 0.512. The van der Waals surface area contributed by atoms with Crippen LogP contribution in [0.1, 0.15) is 119 Å². The van der Waals surface area contributed by atoms with Crippen molar-refractivity contribution in [2.24, 2.45) is 11.3 Å². The van der Waals surface area contributed by atoms with Crippen LogP contribution >= 0.6 is 12.4 Å². The minimum absolute atomic E-state index is 0. The van der Waals surface area contributed by atoms with Crippen LogP contribution in [0.3, 0.4) is 0 Å². The third kappa shape index (κ3) is 4.16. The van der Waals surface area contributed by atoms with E-state index in [0.29, 0.717) is 34.3 Å². The number of ketones is 2. The summed E-state index contributed by atoms with van der Waals surface area (Å²) >= 11 is 0. The second-order valence-corrected chi connectivity index (χ2v) is 16.5. The lowest BCUT2D eigenvalue weighted by molar-refractivity contribution is -0.148. The SMILES string of the molecule is CC(=O)C[C@]1(O)C(=O)C2=C(O[C@@H]3Oc4c(C(C)C)cc5c(c4O[C@]23C)C[C@@]23CCCC(C)(C)[C@@H]2C[C@H]5O3)c2ccc3c(C)cccc3c21.Cl. The fourth-order valence-corrected chi connectivity index (χ4v) is 10.4. The van der Waals surface area contributed by atoms with Crippen molar-refractivity contribution in [2.75, 3.05) is 0 Å². The lowest BCUT2D eigenvalue weighted by Gasteiger charge is -2.49. The van der Waals surface area contributed by atoms with Gasteiger partial charge in [-0.25, -0.2) is 0 Å². The highest BCUT2D eigenvalue weighted by molar-refractivity contribution is 6.16. The van der Waals surface area contributed by atoms with Gasteiger partial charge < -0.3 is 24.1 Å². The van der Waals surface area contributed by atoms with Crippen molar-refractivity contribution in [3.63, 3.8) is 0 Å². The van der Waals surface area contributed by atoms with Gasteiger partial charge in [0.1, 0.15) is 11.5 Å². The number of carbonyl (C=O) groups is 2. The highest BCUT2D eigenvalue weighted by Crippen LogP contribution is 2.65. The lowest BCUT2D eigenvalue weighted by Crippen LogP contribution is -2.55.